The third-order valence-corrected chi connectivity index (χ3v) is 6.89. The predicted octanol–water partition coefficient (Wildman–Crippen LogP) is 2.86. The SMILES string of the molecule is C/C=C\N=C(N)[C@H](C(=O)N1C[C@H](O)C[C@H]1C(=O)NCc1ccc(-c2scnc2C)cc1)C(C)C. The Morgan fingerprint density at radius 3 is 2.65 bits per heavy atom. The van der Waals surface area contributed by atoms with Crippen LogP contribution in [0.1, 0.15) is 38.4 Å². The van der Waals surface area contributed by atoms with Crippen LogP contribution in [0.4, 0.5) is 0 Å². The van der Waals surface area contributed by atoms with Gasteiger partial charge in [0, 0.05) is 25.7 Å². The van der Waals surface area contributed by atoms with Crippen molar-refractivity contribution in [2.45, 2.75) is 52.8 Å². The van der Waals surface area contributed by atoms with Crippen molar-refractivity contribution in [3.05, 3.63) is 53.3 Å². The predicted molar refractivity (Wildman–Crippen MR) is 135 cm³/mol. The van der Waals surface area contributed by atoms with Gasteiger partial charge in [0.15, 0.2) is 0 Å². The van der Waals surface area contributed by atoms with E-state index < -0.39 is 18.1 Å². The number of β-amino-alcohol motifs (C(OH)–C–C–N with tert-alkyl or cyclic N) is 1. The first-order valence-electron chi connectivity index (χ1n) is 11.4. The van der Waals surface area contributed by atoms with E-state index in [9.17, 15) is 14.7 Å². The molecular formula is C25H33N5O3S. The van der Waals surface area contributed by atoms with E-state index in [1.54, 1.807) is 23.6 Å². The molecule has 0 bridgehead atoms. The van der Waals surface area contributed by atoms with E-state index in [2.05, 4.69) is 15.3 Å². The highest BCUT2D eigenvalue weighted by atomic mass is 32.1. The average Bonchev–Trinajstić information content (AvgIpc) is 3.41. The molecule has 0 radical (unpaired) electrons. The quantitative estimate of drug-likeness (QED) is 0.394. The maximum Gasteiger partial charge on any atom is 0.243 e. The van der Waals surface area contributed by atoms with Gasteiger partial charge in [-0.2, -0.15) is 0 Å². The molecule has 9 heteroatoms. The van der Waals surface area contributed by atoms with E-state index >= 15 is 0 Å². The number of aliphatic imine (C=N–C) groups is 1. The van der Waals surface area contributed by atoms with Crippen LogP contribution in [0.5, 0.6) is 0 Å². The second kappa shape index (κ2) is 11.4. The number of likely N-dealkylation sites (tertiary alicyclic amines) is 1. The fourth-order valence-electron chi connectivity index (χ4n) is 4.14. The number of rotatable bonds is 8. The van der Waals surface area contributed by atoms with Gasteiger partial charge < -0.3 is 21.1 Å². The molecule has 1 aromatic carbocycles. The third-order valence-electron chi connectivity index (χ3n) is 5.92. The standard InChI is InChI=1S/C25H33N5O3S/c1-5-10-27-23(26)21(15(2)3)25(33)30-13-19(31)11-20(30)24(32)28-12-17-6-8-18(9-7-17)22-16(4)29-14-34-22/h5-10,14-15,19-21,31H,11-13H2,1-4H3,(H2,26,27)(H,28,32)/b10-5-/t19-,20+,21-/m1/s1. The van der Waals surface area contributed by atoms with E-state index in [4.69, 9.17) is 5.73 Å². The molecule has 1 aromatic heterocycles. The number of hydrogen-bond acceptors (Lipinski definition) is 6. The lowest BCUT2D eigenvalue weighted by molar-refractivity contribution is -0.141. The number of amides is 2. The highest BCUT2D eigenvalue weighted by Gasteiger charge is 2.42. The summed E-state index contributed by atoms with van der Waals surface area (Å²) in [5, 5.41) is 13.2. The second-order valence-corrected chi connectivity index (χ2v) is 9.69. The van der Waals surface area contributed by atoms with Crippen LogP contribution in [-0.4, -0.2) is 51.3 Å². The summed E-state index contributed by atoms with van der Waals surface area (Å²) in [6.07, 6.45) is 2.71. The van der Waals surface area contributed by atoms with E-state index in [0.29, 0.717) is 6.54 Å². The minimum absolute atomic E-state index is 0.0972. The van der Waals surface area contributed by atoms with Crippen LogP contribution in [0, 0.1) is 18.8 Å². The molecular weight excluding hydrogens is 450 g/mol. The zero-order valence-corrected chi connectivity index (χ0v) is 20.9. The Hall–Kier alpha value is -3.04. The normalized spacial score (nSPS) is 19.7. The first-order valence-corrected chi connectivity index (χ1v) is 12.3. The van der Waals surface area contributed by atoms with Crippen molar-refractivity contribution in [2.24, 2.45) is 22.6 Å². The lowest BCUT2D eigenvalue weighted by Crippen LogP contribution is -2.51. The summed E-state index contributed by atoms with van der Waals surface area (Å²) in [4.78, 5) is 37.4. The van der Waals surface area contributed by atoms with Crippen LogP contribution >= 0.6 is 11.3 Å². The number of nitrogens with two attached hydrogens (primary N) is 1. The molecule has 34 heavy (non-hydrogen) atoms. The first kappa shape index (κ1) is 25.6. The second-order valence-electron chi connectivity index (χ2n) is 8.84. The molecule has 0 saturated carbocycles. The minimum Gasteiger partial charge on any atom is -0.391 e. The smallest absolute Gasteiger partial charge is 0.243 e. The molecule has 3 rings (SSSR count). The van der Waals surface area contributed by atoms with Crippen LogP contribution in [0.15, 0.2) is 47.0 Å². The summed E-state index contributed by atoms with van der Waals surface area (Å²) < 4.78 is 0. The fraction of sp³-hybridized carbons (Fsp3) is 0.440. The average molecular weight is 484 g/mol. The summed E-state index contributed by atoms with van der Waals surface area (Å²) in [5.74, 6) is -1.15. The molecule has 4 N–H and O–H groups in total. The Kier molecular flexibility index (Phi) is 8.57. The molecule has 3 atom stereocenters. The Bertz CT molecular complexity index is 1060. The van der Waals surface area contributed by atoms with Crippen molar-refractivity contribution in [3.63, 3.8) is 0 Å². The van der Waals surface area contributed by atoms with Gasteiger partial charge in [-0.15, -0.1) is 11.3 Å². The monoisotopic (exact) mass is 483 g/mol. The van der Waals surface area contributed by atoms with Crippen LogP contribution < -0.4 is 11.1 Å². The van der Waals surface area contributed by atoms with Crippen molar-refractivity contribution >= 4 is 29.0 Å². The molecule has 0 unspecified atom stereocenters. The van der Waals surface area contributed by atoms with Crippen molar-refractivity contribution in [1.82, 2.24) is 15.2 Å². The van der Waals surface area contributed by atoms with Crippen molar-refractivity contribution in [2.75, 3.05) is 6.54 Å². The Morgan fingerprint density at radius 2 is 2.06 bits per heavy atom. The van der Waals surface area contributed by atoms with Gasteiger partial charge in [0.2, 0.25) is 11.8 Å². The Balaban J connectivity index is 1.68. The molecule has 1 fully saturated rings. The van der Waals surface area contributed by atoms with Gasteiger partial charge >= 0.3 is 0 Å². The molecule has 2 heterocycles. The summed E-state index contributed by atoms with van der Waals surface area (Å²) >= 11 is 1.59. The lowest BCUT2D eigenvalue weighted by atomic mass is 9.92. The zero-order valence-electron chi connectivity index (χ0n) is 20.1. The summed E-state index contributed by atoms with van der Waals surface area (Å²) in [7, 11) is 0. The van der Waals surface area contributed by atoms with Crippen LogP contribution in [0.25, 0.3) is 10.4 Å². The van der Waals surface area contributed by atoms with Gasteiger partial charge in [0.1, 0.15) is 11.9 Å². The molecule has 0 aliphatic carbocycles. The highest BCUT2D eigenvalue weighted by Crippen LogP contribution is 2.27. The van der Waals surface area contributed by atoms with E-state index in [0.717, 1.165) is 21.7 Å². The molecule has 0 spiro atoms. The third kappa shape index (κ3) is 5.90. The zero-order chi connectivity index (χ0) is 24.8. The number of allylic oxidation sites excluding steroid dienone is 1. The summed E-state index contributed by atoms with van der Waals surface area (Å²) in [6, 6.07) is 7.20. The van der Waals surface area contributed by atoms with Crippen molar-refractivity contribution in [1.29, 1.82) is 0 Å². The topological polar surface area (TPSA) is 121 Å². The number of carbonyl (C=O) groups is 2. The molecule has 1 saturated heterocycles. The van der Waals surface area contributed by atoms with Crippen molar-refractivity contribution in [3.8, 4) is 10.4 Å². The van der Waals surface area contributed by atoms with Gasteiger partial charge in [0.25, 0.3) is 0 Å². The number of benzene rings is 1. The Morgan fingerprint density at radius 1 is 1.35 bits per heavy atom. The number of aromatic nitrogens is 1. The Labute approximate surface area is 204 Å². The fourth-order valence-corrected chi connectivity index (χ4v) is 4.95. The van der Waals surface area contributed by atoms with Crippen LogP contribution in [0.2, 0.25) is 0 Å². The molecule has 2 aromatic rings. The van der Waals surface area contributed by atoms with E-state index in [-0.39, 0.29) is 36.5 Å². The molecule has 1 aliphatic heterocycles. The van der Waals surface area contributed by atoms with Gasteiger partial charge in [0.05, 0.1) is 28.1 Å². The maximum absolute atomic E-state index is 13.3. The van der Waals surface area contributed by atoms with Gasteiger partial charge in [-0.1, -0.05) is 44.2 Å². The number of nitrogens with one attached hydrogen (secondary N) is 1. The number of nitrogens with zero attached hydrogens (tertiary/aromatic N) is 3. The number of aliphatic hydroxyl groups excluding tert-OH is 1. The molecule has 1 aliphatic rings. The van der Waals surface area contributed by atoms with Crippen LogP contribution in [0.3, 0.4) is 0 Å². The summed E-state index contributed by atoms with van der Waals surface area (Å²) in [6.45, 7) is 7.99. The van der Waals surface area contributed by atoms with E-state index in [1.165, 1.54) is 4.90 Å². The summed E-state index contributed by atoms with van der Waals surface area (Å²) in [5.41, 5.74) is 11.0. The lowest BCUT2D eigenvalue weighted by Gasteiger charge is -2.29. The minimum atomic E-state index is -0.761. The largest absolute Gasteiger partial charge is 0.391 e. The van der Waals surface area contributed by atoms with Crippen LogP contribution in [-0.2, 0) is 16.1 Å². The number of hydrogen-bond donors (Lipinski definition) is 3. The number of carbonyl (C=O) groups excluding carboxylic acids is 2. The first-order chi connectivity index (χ1) is 16.2. The van der Waals surface area contributed by atoms with E-state index in [1.807, 2.05) is 57.5 Å². The molecule has 2 amide bonds. The van der Waals surface area contributed by atoms with Gasteiger partial charge in [-0.05, 0) is 30.9 Å². The highest BCUT2D eigenvalue weighted by molar-refractivity contribution is 7.13. The van der Waals surface area contributed by atoms with Gasteiger partial charge in [-0.3, -0.25) is 9.59 Å². The molecule has 182 valence electrons. The number of aryl methyl sites for hydroxylation is 1. The number of amidine groups is 1. The van der Waals surface area contributed by atoms with Gasteiger partial charge in [-0.25, -0.2) is 9.98 Å². The molecule has 8 nitrogen and oxygen atoms in total. The number of aliphatic hydroxyl groups is 1. The number of thiazole rings is 1. The van der Waals surface area contributed by atoms with Crippen molar-refractivity contribution < 1.29 is 14.7 Å². The maximum atomic E-state index is 13.3.